The average Bonchev–Trinajstić information content (AvgIpc) is 2.26. The van der Waals surface area contributed by atoms with Crippen LogP contribution in [0.4, 0.5) is 8.78 Å². The summed E-state index contributed by atoms with van der Waals surface area (Å²) in [5.41, 5.74) is 0.780. The van der Waals surface area contributed by atoms with Crippen molar-refractivity contribution in [3.63, 3.8) is 0 Å². The van der Waals surface area contributed by atoms with E-state index in [-0.39, 0.29) is 16.3 Å². The van der Waals surface area contributed by atoms with Crippen LogP contribution in [-0.2, 0) is 12.8 Å². The summed E-state index contributed by atoms with van der Waals surface area (Å²) in [6.07, 6.45) is 0.363. The van der Waals surface area contributed by atoms with Gasteiger partial charge in [0, 0.05) is 11.3 Å². The Morgan fingerprint density at radius 1 is 1.31 bits per heavy atom. The molecule has 0 atom stereocenters. The Kier molecular flexibility index (Phi) is 3.06. The molecule has 0 amide bonds. The van der Waals surface area contributed by atoms with Crippen molar-refractivity contribution in [2.75, 3.05) is 0 Å². The topological polar surface area (TPSA) is 36.7 Å². The van der Waals surface area contributed by atoms with Gasteiger partial charge in [-0.3, -0.25) is 0 Å². The van der Waals surface area contributed by atoms with E-state index in [9.17, 15) is 8.78 Å². The Bertz CT molecular complexity index is 466. The van der Waals surface area contributed by atoms with Gasteiger partial charge in [-0.15, -0.1) is 0 Å². The van der Waals surface area contributed by atoms with E-state index in [0.29, 0.717) is 24.1 Å². The quantitative estimate of drug-likeness (QED) is 0.708. The van der Waals surface area contributed by atoms with Gasteiger partial charge in [0.15, 0.2) is 0 Å². The summed E-state index contributed by atoms with van der Waals surface area (Å²) < 4.78 is 25.9. The minimum atomic E-state index is -2.66. The van der Waals surface area contributed by atoms with Gasteiger partial charge >= 0.3 is 0 Å². The van der Waals surface area contributed by atoms with Crippen LogP contribution in [0, 0.1) is 11.3 Å². The molecule has 5 heteroatoms. The van der Waals surface area contributed by atoms with Crippen molar-refractivity contribution in [3.05, 3.63) is 27.5 Å². The van der Waals surface area contributed by atoms with Crippen LogP contribution in [0.25, 0.3) is 0 Å². The molecule has 0 bridgehead atoms. The smallest absolute Gasteiger partial charge is 0.239 e. The molecule has 84 valence electrons. The summed E-state index contributed by atoms with van der Waals surface area (Å²) in [7, 11) is 0. The fourth-order valence-corrected chi connectivity index (χ4v) is 2.33. The fraction of sp³-hybridized carbons (Fsp3) is 0.455. The zero-order chi connectivity index (χ0) is 11.7. The lowest BCUT2D eigenvalue weighted by Crippen LogP contribution is -2.12. The summed E-state index contributed by atoms with van der Waals surface area (Å²) in [5.74, 6) is 0. The number of pyridine rings is 1. The maximum atomic E-state index is 12.9. The average molecular weight is 243 g/mol. The number of nitrogens with zero attached hydrogens (tertiary/aromatic N) is 2. The molecule has 1 heterocycles. The number of fused-ring (bicyclic) bond motifs is 1. The van der Waals surface area contributed by atoms with E-state index in [4.69, 9.17) is 16.9 Å². The molecule has 1 aromatic heterocycles. The van der Waals surface area contributed by atoms with Crippen LogP contribution >= 0.6 is 11.6 Å². The molecule has 0 aliphatic heterocycles. The van der Waals surface area contributed by atoms with Crippen molar-refractivity contribution < 1.29 is 8.78 Å². The van der Waals surface area contributed by atoms with Gasteiger partial charge < -0.3 is 0 Å². The van der Waals surface area contributed by atoms with Gasteiger partial charge in [0.2, 0.25) is 0 Å². The first kappa shape index (κ1) is 11.3. The van der Waals surface area contributed by atoms with Crippen LogP contribution in [-0.4, -0.2) is 4.98 Å². The van der Waals surface area contributed by atoms with Crippen molar-refractivity contribution in [3.8, 4) is 6.07 Å². The molecular formula is C11H9ClF2N2. The molecule has 1 aromatic rings. The number of alkyl halides is 2. The largest absolute Gasteiger partial charge is 0.265 e. The van der Waals surface area contributed by atoms with Gasteiger partial charge in [-0.2, -0.15) is 5.26 Å². The van der Waals surface area contributed by atoms with E-state index >= 15 is 0 Å². The number of hydrogen-bond donors (Lipinski definition) is 0. The first-order valence-corrected chi connectivity index (χ1v) is 5.42. The molecule has 0 unspecified atom stereocenters. The third-order valence-corrected chi connectivity index (χ3v) is 3.08. The van der Waals surface area contributed by atoms with Crippen LogP contribution in [0.2, 0.25) is 5.15 Å². The Balaban J connectivity index is 2.70. The Labute approximate surface area is 96.9 Å². The van der Waals surface area contributed by atoms with Crippen molar-refractivity contribution in [1.82, 2.24) is 4.98 Å². The van der Waals surface area contributed by atoms with Gasteiger partial charge in [-0.05, 0) is 31.2 Å². The molecule has 0 aromatic carbocycles. The van der Waals surface area contributed by atoms with E-state index in [1.54, 1.807) is 6.07 Å². The fourth-order valence-electron chi connectivity index (χ4n) is 2.09. The lowest BCUT2D eigenvalue weighted by molar-refractivity contribution is 0.149. The highest BCUT2D eigenvalue weighted by Crippen LogP contribution is 2.35. The van der Waals surface area contributed by atoms with Gasteiger partial charge in [-0.1, -0.05) is 11.6 Å². The maximum Gasteiger partial charge on any atom is 0.265 e. The monoisotopic (exact) mass is 242 g/mol. The Hall–Kier alpha value is -1.21. The molecule has 16 heavy (non-hydrogen) atoms. The van der Waals surface area contributed by atoms with Gasteiger partial charge in [0.25, 0.3) is 6.43 Å². The zero-order valence-electron chi connectivity index (χ0n) is 8.43. The van der Waals surface area contributed by atoms with E-state index < -0.39 is 6.43 Å². The number of rotatable bonds is 1. The molecule has 1 aliphatic rings. The molecule has 0 saturated heterocycles. The van der Waals surface area contributed by atoms with Gasteiger partial charge in [0.05, 0.1) is 5.56 Å². The minimum absolute atomic E-state index is 0.0987. The highest BCUT2D eigenvalue weighted by atomic mass is 35.5. The molecule has 0 radical (unpaired) electrons. The van der Waals surface area contributed by atoms with Crippen molar-refractivity contribution in [2.45, 2.75) is 32.1 Å². The molecule has 2 nitrogen and oxygen atoms in total. The highest BCUT2D eigenvalue weighted by molar-refractivity contribution is 6.30. The van der Waals surface area contributed by atoms with Crippen LogP contribution < -0.4 is 0 Å². The number of hydrogen-bond acceptors (Lipinski definition) is 2. The lowest BCUT2D eigenvalue weighted by atomic mass is 9.90. The predicted octanol–water partition coefficient (Wildman–Crippen LogP) is 3.42. The predicted molar refractivity (Wildman–Crippen MR) is 55.6 cm³/mol. The SMILES string of the molecule is N#Cc1c(Cl)nc2c(c1C(F)F)CCCC2. The first-order valence-electron chi connectivity index (χ1n) is 5.04. The van der Waals surface area contributed by atoms with E-state index in [1.807, 2.05) is 0 Å². The molecule has 0 fully saturated rings. The molecule has 0 spiro atoms. The normalized spacial score (nSPS) is 14.7. The Morgan fingerprint density at radius 3 is 2.62 bits per heavy atom. The number of nitriles is 1. The van der Waals surface area contributed by atoms with Crippen LogP contribution in [0.1, 0.15) is 41.7 Å². The second-order valence-electron chi connectivity index (χ2n) is 3.74. The summed E-state index contributed by atoms with van der Waals surface area (Å²) in [4.78, 5) is 4.04. The minimum Gasteiger partial charge on any atom is -0.239 e. The summed E-state index contributed by atoms with van der Waals surface area (Å²) in [5, 5.41) is 8.74. The third kappa shape index (κ3) is 1.76. The molecule has 1 aliphatic carbocycles. The van der Waals surface area contributed by atoms with E-state index in [1.165, 1.54) is 0 Å². The molecular weight excluding hydrogens is 234 g/mol. The molecule has 0 N–H and O–H groups in total. The second kappa shape index (κ2) is 4.34. The summed E-state index contributed by atoms with van der Waals surface area (Å²) >= 11 is 5.74. The lowest BCUT2D eigenvalue weighted by Gasteiger charge is -2.19. The van der Waals surface area contributed by atoms with Crippen LogP contribution in [0.5, 0.6) is 0 Å². The van der Waals surface area contributed by atoms with E-state index in [2.05, 4.69) is 4.98 Å². The standard InChI is InChI=1S/C11H9ClF2N2/c12-10-7(5-15)9(11(13)14)6-3-1-2-4-8(6)16-10/h11H,1-4H2. The zero-order valence-corrected chi connectivity index (χ0v) is 9.19. The van der Waals surface area contributed by atoms with Crippen molar-refractivity contribution >= 4 is 11.6 Å². The number of aromatic nitrogens is 1. The summed E-state index contributed by atoms with van der Waals surface area (Å²) in [6, 6.07) is 1.72. The third-order valence-electron chi connectivity index (χ3n) is 2.80. The van der Waals surface area contributed by atoms with Crippen LogP contribution in [0.15, 0.2) is 0 Å². The Morgan fingerprint density at radius 2 is 2.00 bits per heavy atom. The molecule has 2 rings (SSSR count). The summed E-state index contributed by atoms with van der Waals surface area (Å²) in [6.45, 7) is 0. The van der Waals surface area contributed by atoms with Crippen molar-refractivity contribution in [1.29, 1.82) is 5.26 Å². The van der Waals surface area contributed by atoms with Gasteiger partial charge in [-0.25, -0.2) is 13.8 Å². The second-order valence-corrected chi connectivity index (χ2v) is 4.09. The van der Waals surface area contributed by atoms with Crippen molar-refractivity contribution in [2.24, 2.45) is 0 Å². The van der Waals surface area contributed by atoms with Gasteiger partial charge in [0.1, 0.15) is 11.2 Å². The highest BCUT2D eigenvalue weighted by Gasteiger charge is 2.26. The van der Waals surface area contributed by atoms with E-state index in [0.717, 1.165) is 12.8 Å². The molecule has 0 saturated carbocycles. The number of halogens is 3. The first-order chi connectivity index (χ1) is 7.65. The maximum absolute atomic E-state index is 12.9. The van der Waals surface area contributed by atoms with Crippen LogP contribution in [0.3, 0.4) is 0 Å². The number of aryl methyl sites for hydroxylation is 1.